The Hall–Kier alpha value is -2.90. The normalized spacial score (nSPS) is 17.8. The summed E-state index contributed by atoms with van der Waals surface area (Å²) < 4.78 is 3.10. The third-order valence-corrected chi connectivity index (χ3v) is 5.16. The van der Waals surface area contributed by atoms with Gasteiger partial charge in [0, 0.05) is 37.1 Å². The molecule has 1 saturated heterocycles. The summed E-state index contributed by atoms with van der Waals surface area (Å²) in [7, 11) is 1.80. The van der Waals surface area contributed by atoms with Gasteiger partial charge in [-0.15, -0.1) is 0 Å². The van der Waals surface area contributed by atoms with Crippen molar-refractivity contribution in [1.29, 1.82) is 0 Å². The summed E-state index contributed by atoms with van der Waals surface area (Å²) in [5.41, 5.74) is 3.12. The van der Waals surface area contributed by atoms with Gasteiger partial charge in [0.2, 0.25) is 0 Å². The molecule has 0 aromatic carbocycles. The van der Waals surface area contributed by atoms with E-state index in [0.29, 0.717) is 23.4 Å². The number of nitrogens with zero attached hydrogens (tertiary/aromatic N) is 5. The fourth-order valence-corrected chi connectivity index (χ4v) is 3.58. The Morgan fingerprint density at radius 1 is 1.31 bits per heavy atom. The molecule has 0 saturated carbocycles. The Balaban J connectivity index is 1.75. The second kappa shape index (κ2) is 6.12. The number of rotatable bonds is 2. The molecule has 1 atom stereocenters. The molecule has 0 bridgehead atoms. The first-order valence-corrected chi connectivity index (χ1v) is 8.85. The lowest BCUT2D eigenvalue weighted by molar-refractivity contribution is 0.0598. The highest BCUT2D eigenvalue weighted by molar-refractivity contribution is 5.92. The molecule has 3 aromatic rings. The van der Waals surface area contributed by atoms with E-state index in [2.05, 4.69) is 15.2 Å². The number of aryl methyl sites for hydroxylation is 2. The maximum atomic E-state index is 12.9. The van der Waals surface area contributed by atoms with Crippen molar-refractivity contribution in [1.82, 2.24) is 29.3 Å². The van der Waals surface area contributed by atoms with Crippen molar-refractivity contribution in [2.45, 2.75) is 39.2 Å². The first-order chi connectivity index (χ1) is 12.5. The number of carbonyl (C=O) groups excluding carboxylic acids is 1. The number of carbonyl (C=O) groups is 1. The average molecular weight is 354 g/mol. The highest BCUT2D eigenvalue weighted by Gasteiger charge is 2.31. The van der Waals surface area contributed by atoms with Gasteiger partial charge in [-0.05, 0) is 39.2 Å². The second-order valence-corrected chi connectivity index (χ2v) is 6.92. The molecule has 8 heteroatoms. The van der Waals surface area contributed by atoms with Crippen LogP contribution in [0.3, 0.4) is 0 Å². The van der Waals surface area contributed by atoms with Gasteiger partial charge in [0.15, 0.2) is 5.65 Å². The van der Waals surface area contributed by atoms with E-state index in [4.69, 9.17) is 0 Å². The molecule has 0 spiro atoms. The Bertz CT molecular complexity index is 1040. The minimum absolute atomic E-state index is 0.0818. The van der Waals surface area contributed by atoms with Crippen LogP contribution >= 0.6 is 0 Å². The number of aromatic amines is 1. The molecule has 1 aliphatic heterocycles. The van der Waals surface area contributed by atoms with E-state index < -0.39 is 0 Å². The van der Waals surface area contributed by atoms with Crippen molar-refractivity contribution in [3.05, 3.63) is 51.3 Å². The van der Waals surface area contributed by atoms with E-state index >= 15 is 0 Å². The SMILES string of the molecule is Cc1nc2cc([C@@H]3CCCCN3C(=O)c3ccn(C)n3)[nH]n2c(=O)c1C. The monoisotopic (exact) mass is 354 g/mol. The zero-order valence-corrected chi connectivity index (χ0v) is 15.2. The average Bonchev–Trinajstić information content (AvgIpc) is 3.25. The number of likely N-dealkylation sites (tertiary alicyclic amines) is 1. The van der Waals surface area contributed by atoms with Crippen LogP contribution in [0.5, 0.6) is 0 Å². The standard InChI is InChI=1S/C18H22N6O2/c1-11-12(2)19-16-10-14(21-24(16)17(11)25)15-6-4-5-8-23(15)18(26)13-7-9-22(3)20-13/h7,9-10,15,21H,4-6,8H2,1-3H3/t15-/m0/s1. The van der Waals surface area contributed by atoms with Gasteiger partial charge in [0.1, 0.15) is 5.69 Å². The molecule has 0 unspecified atom stereocenters. The van der Waals surface area contributed by atoms with Gasteiger partial charge in [-0.2, -0.15) is 5.10 Å². The molecule has 3 aromatic heterocycles. The van der Waals surface area contributed by atoms with Crippen LogP contribution in [0.15, 0.2) is 23.1 Å². The molecule has 1 fully saturated rings. The van der Waals surface area contributed by atoms with E-state index in [1.807, 2.05) is 17.9 Å². The van der Waals surface area contributed by atoms with Crippen molar-refractivity contribution in [2.24, 2.45) is 7.05 Å². The Morgan fingerprint density at radius 2 is 2.12 bits per heavy atom. The van der Waals surface area contributed by atoms with E-state index in [-0.39, 0.29) is 17.5 Å². The molecule has 136 valence electrons. The predicted octanol–water partition coefficient (Wildman–Crippen LogP) is 1.74. The third-order valence-electron chi connectivity index (χ3n) is 5.16. The van der Waals surface area contributed by atoms with Crippen LogP contribution in [-0.2, 0) is 7.05 Å². The number of amides is 1. The lowest BCUT2D eigenvalue weighted by Gasteiger charge is -2.34. The van der Waals surface area contributed by atoms with Gasteiger partial charge in [-0.1, -0.05) is 0 Å². The molecule has 4 heterocycles. The summed E-state index contributed by atoms with van der Waals surface area (Å²) in [6, 6.07) is 3.50. The van der Waals surface area contributed by atoms with Crippen molar-refractivity contribution >= 4 is 11.6 Å². The first kappa shape index (κ1) is 16.6. The molecular formula is C18H22N6O2. The quantitative estimate of drug-likeness (QED) is 0.759. The van der Waals surface area contributed by atoms with E-state index in [9.17, 15) is 9.59 Å². The second-order valence-electron chi connectivity index (χ2n) is 6.92. The number of H-pyrrole nitrogens is 1. The number of aromatic nitrogens is 5. The van der Waals surface area contributed by atoms with Gasteiger partial charge in [-0.25, -0.2) is 9.50 Å². The molecule has 1 aliphatic rings. The van der Waals surface area contributed by atoms with Crippen LogP contribution in [0.2, 0.25) is 0 Å². The summed E-state index contributed by atoms with van der Waals surface area (Å²) in [5, 5.41) is 7.41. The minimum atomic E-state index is -0.111. The van der Waals surface area contributed by atoms with Gasteiger partial charge in [0.05, 0.1) is 11.7 Å². The van der Waals surface area contributed by atoms with Crippen LogP contribution in [0.4, 0.5) is 0 Å². The molecule has 1 amide bonds. The molecule has 0 aliphatic carbocycles. The van der Waals surface area contributed by atoms with E-state index in [1.54, 1.807) is 30.9 Å². The maximum absolute atomic E-state index is 12.9. The molecule has 0 radical (unpaired) electrons. The van der Waals surface area contributed by atoms with Gasteiger partial charge >= 0.3 is 0 Å². The Kier molecular flexibility index (Phi) is 3.90. The largest absolute Gasteiger partial charge is 0.329 e. The molecule has 1 N–H and O–H groups in total. The van der Waals surface area contributed by atoms with Crippen LogP contribution in [0.1, 0.15) is 52.7 Å². The zero-order chi connectivity index (χ0) is 18.4. The van der Waals surface area contributed by atoms with Gasteiger partial charge < -0.3 is 4.90 Å². The van der Waals surface area contributed by atoms with Crippen molar-refractivity contribution < 1.29 is 4.79 Å². The fraction of sp³-hybridized carbons (Fsp3) is 0.444. The van der Waals surface area contributed by atoms with Crippen LogP contribution in [-0.4, -0.2) is 41.7 Å². The maximum Gasteiger partial charge on any atom is 0.275 e. The smallest absolute Gasteiger partial charge is 0.275 e. The zero-order valence-electron chi connectivity index (χ0n) is 15.2. The van der Waals surface area contributed by atoms with Crippen molar-refractivity contribution in [3.63, 3.8) is 0 Å². The summed E-state index contributed by atoms with van der Waals surface area (Å²) in [4.78, 5) is 31.8. The number of hydrogen-bond acceptors (Lipinski definition) is 4. The summed E-state index contributed by atoms with van der Waals surface area (Å²) in [6.07, 6.45) is 4.61. The molecular weight excluding hydrogens is 332 g/mol. The predicted molar refractivity (Wildman–Crippen MR) is 96.1 cm³/mol. The minimum Gasteiger partial charge on any atom is -0.329 e. The van der Waals surface area contributed by atoms with Gasteiger partial charge in [-0.3, -0.25) is 19.4 Å². The van der Waals surface area contributed by atoms with Crippen molar-refractivity contribution in [3.8, 4) is 0 Å². The number of hydrogen-bond donors (Lipinski definition) is 1. The number of piperidine rings is 1. The van der Waals surface area contributed by atoms with Crippen LogP contribution in [0, 0.1) is 13.8 Å². The van der Waals surface area contributed by atoms with Gasteiger partial charge in [0.25, 0.3) is 11.5 Å². The lowest BCUT2D eigenvalue weighted by atomic mass is 9.99. The molecule has 4 rings (SSSR count). The highest BCUT2D eigenvalue weighted by Crippen LogP contribution is 2.31. The summed E-state index contributed by atoms with van der Waals surface area (Å²) in [5.74, 6) is -0.0818. The Labute approximate surface area is 150 Å². The molecule has 8 nitrogen and oxygen atoms in total. The fourth-order valence-electron chi connectivity index (χ4n) is 3.58. The lowest BCUT2D eigenvalue weighted by Crippen LogP contribution is -2.39. The topological polar surface area (TPSA) is 88.3 Å². The summed E-state index contributed by atoms with van der Waals surface area (Å²) >= 11 is 0. The highest BCUT2D eigenvalue weighted by atomic mass is 16.2. The third kappa shape index (κ3) is 2.61. The van der Waals surface area contributed by atoms with Crippen LogP contribution in [0.25, 0.3) is 5.65 Å². The summed E-state index contributed by atoms with van der Waals surface area (Å²) in [6.45, 7) is 4.28. The van der Waals surface area contributed by atoms with E-state index in [0.717, 1.165) is 30.7 Å². The molecule has 26 heavy (non-hydrogen) atoms. The van der Waals surface area contributed by atoms with Crippen molar-refractivity contribution in [2.75, 3.05) is 6.54 Å². The number of nitrogens with one attached hydrogen (secondary N) is 1. The first-order valence-electron chi connectivity index (χ1n) is 8.85. The Morgan fingerprint density at radius 3 is 2.85 bits per heavy atom. The van der Waals surface area contributed by atoms with Crippen LogP contribution < -0.4 is 5.56 Å². The van der Waals surface area contributed by atoms with E-state index in [1.165, 1.54) is 4.52 Å². The number of fused-ring (bicyclic) bond motifs is 1.